The Hall–Kier alpha value is -0.940. The fourth-order valence-corrected chi connectivity index (χ4v) is 2.87. The lowest BCUT2D eigenvalue weighted by Crippen LogP contribution is -2.02. The van der Waals surface area contributed by atoms with E-state index in [2.05, 4.69) is 49.0 Å². The molecule has 17 heavy (non-hydrogen) atoms. The van der Waals surface area contributed by atoms with E-state index in [9.17, 15) is 0 Å². The molecule has 1 fully saturated rings. The predicted octanol–water partition coefficient (Wildman–Crippen LogP) is 3.79. The van der Waals surface area contributed by atoms with E-state index in [1.807, 2.05) is 6.07 Å². The van der Waals surface area contributed by atoms with Crippen LogP contribution in [0.1, 0.15) is 30.0 Å². The zero-order valence-corrected chi connectivity index (χ0v) is 11.6. The van der Waals surface area contributed by atoms with Crippen LogP contribution in [-0.4, -0.2) is 10.2 Å². The van der Waals surface area contributed by atoms with Crippen molar-refractivity contribution < 1.29 is 0 Å². The number of hydrogen-bond acceptors (Lipinski definition) is 4. The Morgan fingerprint density at radius 3 is 2.82 bits per heavy atom. The molecule has 2 aromatic rings. The number of thiophene rings is 1. The molecule has 2 heterocycles. The van der Waals surface area contributed by atoms with Gasteiger partial charge in [-0.1, -0.05) is 0 Å². The van der Waals surface area contributed by atoms with Crippen LogP contribution in [-0.2, 0) is 6.54 Å². The smallest absolute Gasteiger partial charge is 0.148 e. The topological polar surface area (TPSA) is 37.8 Å². The van der Waals surface area contributed by atoms with Gasteiger partial charge in [-0.25, -0.2) is 0 Å². The Labute approximate surface area is 112 Å². The molecule has 1 saturated carbocycles. The van der Waals surface area contributed by atoms with E-state index in [1.54, 1.807) is 11.3 Å². The van der Waals surface area contributed by atoms with Crippen molar-refractivity contribution in [3.8, 4) is 0 Å². The fraction of sp³-hybridized carbons (Fsp3) is 0.333. The van der Waals surface area contributed by atoms with Crippen LogP contribution >= 0.6 is 27.3 Å². The molecular weight excluding hydrogens is 298 g/mol. The van der Waals surface area contributed by atoms with Gasteiger partial charge in [-0.15, -0.1) is 16.4 Å². The summed E-state index contributed by atoms with van der Waals surface area (Å²) in [5.74, 6) is 1.51. The molecule has 0 aromatic carbocycles. The summed E-state index contributed by atoms with van der Waals surface area (Å²) in [5.41, 5.74) is 2.39. The van der Waals surface area contributed by atoms with Crippen molar-refractivity contribution >= 4 is 33.1 Å². The first-order chi connectivity index (χ1) is 8.31. The average Bonchev–Trinajstić information content (AvgIpc) is 3.11. The van der Waals surface area contributed by atoms with Crippen molar-refractivity contribution in [1.82, 2.24) is 10.2 Å². The third kappa shape index (κ3) is 2.84. The SMILES string of the molecule is Brc1cc(CNc2ccc(C3CC3)nn2)cs1. The van der Waals surface area contributed by atoms with E-state index in [1.165, 1.54) is 18.4 Å². The van der Waals surface area contributed by atoms with Gasteiger partial charge in [-0.3, -0.25) is 0 Å². The van der Waals surface area contributed by atoms with Gasteiger partial charge in [0.15, 0.2) is 0 Å². The van der Waals surface area contributed by atoms with Crippen molar-refractivity contribution in [2.24, 2.45) is 0 Å². The zero-order chi connectivity index (χ0) is 11.7. The summed E-state index contributed by atoms with van der Waals surface area (Å²) in [6.45, 7) is 0.791. The van der Waals surface area contributed by atoms with E-state index in [0.717, 1.165) is 21.8 Å². The summed E-state index contributed by atoms with van der Waals surface area (Å²) in [6, 6.07) is 6.21. The second kappa shape index (κ2) is 4.74. The molecule has 3 nitrogen and oxygen atoms in total. The minimum absolute atomic E-state index is 0.671. The minimum atomic E-state index is 0.671. The van der Waals surface area contributed by atoms with Gasteiger partial charge < -0.3 is 5.32 Å². The highest BCUT2D eigenvalue weighted by Crippen LogP contribution is 2.38. The van der Waals surface area contributed by atoms with Crippen molar-refractivity contribution in [3.05, 3.63) is 38.6 Å². The Bertz CT molecular complexity index is 505. The summed E-state index contributed by atoms with van der Waals surface area (Å²) < 4.78 is 1.16. The second-order valence-electron chi connectivity index (χ2n) is 4.23. The summed E-state index contributed by atoms with van der Waals surface area (Å²) in [6.07, 6.45) is 2.54. The maximum atomic E-state index is 4.24. The van der Waals surface area contributed by atoms with Gasteiger partial charge >= 0.3 is 0 Å². The van der Waals surface area contributed by atoms with Crippen LogP contribution < -0.4 is 5.32 Å². The van der Waals surface area contributed by atoms with E-state index >= 15 is 0 Å². The molecule has 2 aromatic heterocycles. The minimum Gasteiger partial charge on any atom is -0.364 e. The molecule has 0 amide bonds. The van der Waals surface area contributed by atoms with Crippen LogP contribution in [0.15, 0.2) is 27.4 Å². The monoisotopic (exact) mass is 309 g/mol. The number of nitrogens with zero attached hydrogens (tertiary/aromatic N) is 2. The maximum Gasteiger partial charge on any atom is 0.148 e. The third-order valence-corrected chi connectivity index (χ3v) is 4.33. The van der Waals surface area contributed by atoms with Crippen molar-refractivity contribution in [2.45, 2.75) is 25.3 Å². The first-order valence-electron chi connectivity index (χ1n) is 5.62. The first kappa shape index (κ1) is 11.2. The number of nitrogens with one attached hydrogen (secondary N) is 1. The van der Waals surface area contributed by atoms with Gasteiger partial charge in [0.25, 0.3) is 0 Å². The van der Waals surface area contributed by atoms with Crippen molar-refractivity contribution in [3.63, 3.8) is 0 Å². The molecule has 1 aliphatic carbocycles. The van der Waals surface area contributed by atoms with Gasteiger partial charge in [0.05, 0.1) is 9.48 Å². The van der Waals surface area contributed by atoms with Crippen LogP contribution in [0.3, 0.4) is 0 Å². The number of anilines is 1. The summed E-state index contributed by atoms with van der Waals surface area (Å²) >= 11 is 5.15. The molecule has 1 aliphatic rings. The molecule has 0 bridgehead atoms. The summed E-state index contributed by atoms with van der Waals surface area (Å²) in [4.78, 5) is 0. The number of hydrogen-bond donors (Lipinski definition) is 1. The van der Waals surface area contributed by atoms with Crippen LogP contribution in [0.2, 0.25) is 0 Å². The molecule has 0 aliphatic heterocycles. The molecule has 0 spiro atoms. The molecule has 0 unspecified atom stereocenters. The lowest BCUT2D eigenvalue weighted by molar-refractivity contribution is 0.905. The van der Waals surface area contributed by atoms with Crippen molar-refractivity contribution in [1.29, 1.82) is 0 Å². The van der Waals surface area contributed by atoms with Gasteiger partial charge in [-0.2, -0.15) is 5.10 Å². The van der Waals surface area contributed by atoms with Gasteiger partial charge in [0.1, 0.15) is 5.82 Å². The fourth-order valence-electron chi connectivity index (χ4n) is 1.66. The molecule has 5 heteroatoms. The van der Waals surface area contributed by atoms with Gasteiger partial charge in [-0.05, 0) is 57.9 Å². The Morgan fingerprint density at radius 1 is 1.35 bits per heavy atom. The van der Waals surface area contributed by atoms with E-state index < -0.39 is 0 Å². The molecule has 0 radical (unpaired) electrons. The standard InChI is InChI=1S/C12H12BrN3S/c13-11-5-8(7-17-11)6-14-12-4-3-10(15-16-12)9-1-2-9/h3-5,7,9H,1-2,6H2,(H,14,16). The zero-order valence-electron chi connectivity index (χ0n) is 9.19. The summed E-state index contributed by atoms with van der Waals surface area (Å²) in [7, 11) is 0. The Morgan fingerprint density at radius 2 is 2.24 bits per heavy atom. The van der Waals surface area contributed by atoms with Crippen LogP contribution in [0.4, 0.5) is 5.82 Å². The molecule has 88 valence electrons. The third-order valence-electron chi connectivity index (χ3n) is 2.78. The average molecular weight is 310 g/mol. The summed E-state index contributed by atoms with van der Waals surface area (Å²) in [5, 5.41) is 13.8. The van der Waals surface area contributed by atoms with Gasteiger partial charge in [0.2, 0.25) is 0 Å². The molecule has 3 rings (SSSR count). The quantitative estimate of drug-likeness (QED) is 0.933. The van der Waals surface area contributed by atoms with Crippen LogP contribution in [0, 0.1) is 0 Å². The molecule has 0 atom stereocenters. The maximum absolute atomic E-state index is 4.24. The second-order valence-corrected chi connectivity index (χ2v) is 6.52. The molecule has 0 saturated heterocycles. The van der Waals surface area contributed by atoms with E-state index in [0.29, 0.717) is 5.92 Å². The highest BCUT2D eigenvalue weighted by molar-refractivity contribution is 9.11. The highest BCUT2D eigenvalue weighted by atomic mass is 79.9. The largest absolute Gasteiger partial charge is 0.364 e. The van der Waals surface area contributed by atoms with Crippen molar-refractivity contribution in [2.75, 3.05) is 5.32 Å². The lowest BCUT2D eigenvalue weighted by Gasteiger charge is -2.03. The first-order valence-corrected chi connectivity index (χ1v) is 7.29. The van der Waals surface area contributed by atoms with E-state index in [-0.39, 0.29) is 0 Å². The Balaban J connectivity index is 1.60. The number of rotatable bonds is 4. The lowest BCUT2D eigenvalue weighted by atomic mass is 10.3. The number of aromatic nitrogens is 2. The van der Waals surface area contributed by atoms with E-state index in [4.69, 9.17) is 0 Å². The predicted molar refractivity (Wildman–Crippen MR) is 73.4 cm³/mol. The molecular formula is C12H12BrN3S. The van der Waals surface area contributed by atoms with Gasteiger partial charge in [0, 0.05) is 12.5 Å². The number of halogens is 1. The normalized spacial score (nSPS) is 14.9. The molecule has 1 N–H and O–H groups in total. The Kier molecular flexibility index (Phi) is 3.11. The van der Waals surface area contributed by atoms with Crippen LogP contribution in [0.5, 0.6) is 0 Å². The van der Waals surface area contributed by atoms with Crippen LogP contribution in [0.25, 0.3) is 0 Å². The highest BCUT2D eigenvalue weighted by Gasteiger charge is 2.25.